The molecule has 3 rings (SSSR count). The zero-order chi connectivity index (χ0) is 24.7. The van der Waals surface area contributed by atoms with E-state index in [0.29, 0.717) is 19.0 Å². The summed E-state index contributed by atoms with van der Waals surface area (Å²) in [5.74, 6) is -0.458. The van der Waals surface area contributed by atoms with Crippen molar-refractivity contribution in [3.63, 3.8) is 0 Å². The Kier molecular flexibility index (Phi) is 9.28. The van der Waals surface area contributed by atoms with Gasteiger partial charge in [-0.1, -0.05) is 71.2 Å². The number of hydrogen-bond acceptors (Lipinski definition) is 3. The topological polar surface area (TPSA) is 60.9 Å². The van der Waals surface area contributed by atoms with Gasteiger partial charge in [-0.25, -0.2) is 4.79 Å². The van der Waals surface area contributed by atoms with Crippen molar-refractivity contribution in [2.75, 3.05) is 18.0 Å². The first-order chi connectivity index (χ1) is 16.3. The van der Waals surface area contributed by atoms with Crippen molar-refractivity contribution < 1.29 is 14.7 Å². The van der Waals surface area contributed by atoms with Gasteiger partial charge in [0.2, 0.25) is 5.91 Å². The van der Waals surface area contributed by atoms with Gasteiger partial charge in [-0.05, 0) is 60.2 Å². The van der Waals surface area contributed by atoms with Crippen LogP contribution in [-0.4, -0.2) is 35.0 Å². The number of carboxylic acid groups (broad SMARTS) is 1. The summed E-state index contributed by atoms with van der Waals surface area (Å²) in [6, 6.07) is 14.0. The van der Waals surface area contributed by atoms with Crippen molar-refractivity contribution in [3.05, 3.63) is 64.7 Å². The fourth-order valence-corrected chi connectivity index (χ4v) is 4.63. The summed E-state index contributed by atoms with van der Waals surface area (Å²) in [6.45, 7) is 11.3. The van der Waals surface area contributed by atoms with Crippen LogP contribution in [0.3, 0.4) is 0 Å². The zero-order valence-electron chi connectivity index (χ0n) is 21.2. The molecule has 34 heavy (non-hydrogen) atoms. The van der Waals surface area contributed by atoms with Crippen LogP contribution in [0.25, 0.3) is 0 Å². The predicted octanol–water partition coefficient (Wildman–Crippen LogP) is 6.46. The number of nitrogens with zero attached hydrogens (tertiary/aromatic N) is 2. The second-order valence-corrected chi connectivity index (χ2v) is 10.2. The van der Waals surface area contributed by atoms with Crippen LogP contribution < -0.4 is 4.90 Å². The second kappa shape index (κ2) is 12.2. The SMILES string of the molecule is CC(C)C(=O)N1CCCCCCCN(Cc2ccc(C(C)C)cc2)Cc2cc(C(=O)O)ccc21. The Morgan fingerprint density at radius 3 is 2.15 bits per heavy atom. The molecule has 0 aliphatic carbocycles. The van der Waals surface area contributed by atoms with Gasteiger partial charge in [0.05, 0.1) is 5.56 Å². The standard InChI is InChI=1S/C29H40N2O3/c1-21(2)24-12-10-23(11-13-24)19-30-16-8-6-5-7-9-17-31(28(32)22(3)4)27-15-14-25(29(33)34)18-26(27)20-30/h10-15,18,21-22H,5-9,16-17,19-20H2,1-4H3,(H,33,34). The van der Waals surface area contributed by atoms with Crippen molar-refractivity contribution in [1.82, 2.24) is 4.90 Å². The first-order valence-corrected chi connectivity index (χ1v) is 12.7. The average molecular weight is 465 g/mol. The molecule has 1 N–H and O–H groups in total. The molecule has 0 saturated heterocycles. The average Bonchev–Trinajstić information content (AvgIpc) is 2.80. The molecule has 1 amide bonds. The first-order valence-electron chi connectivity index (χ1n) is 12.7. The quantitative estimate of drug-likeness (QED) is 0.551. The fraction of sp³-hybridized carbons (Fsp3) is 0.517. The van der Waals surface area contributed by atoms with Crippen molar-refractivity contribution in [2.24, 2.45) is 5.92 Å². The van der Waals surface area contributed by atoms with Crippen LogP contribution >= 0.6 is 0 Å². The van der Waals surface area contributed by atoms with Gasteiger partial charge in [-0.3, -0.25) is 9.69 Å². The lowest BCUT2D eigenvalue weighted by atomic mass is 10.0. The Labute approximate surface area is 204 Å². The predicted molar refractivity (Wildman–Crippen MR) is 138 cm³/mol. The van der Waals surface area contributed by atoms with E-state index >= 15 is 0 Å². The third-order valence-electron chi connectivity index (χ3n) is 6.68. The number of anilines is 1. The number of benzene rings is 2. The highest BCUT2D eigenvalue weighted by Gasteiger charge is 2.23. The van der Waals surface area contributed by atoms with E-state index in [1.54, 1.807) is 12.1 Å². The zero-order valence-corrected chi connectivity index (χ0v) is 21.2. The van der Waals surface area contributed by atoms with E-state index in [0.717, 1.165) is 43.6 Å². The molecule has 1 aliphatic rings. The van der Waals surface area contributed by atoms with Crippen LogP contribution in [0.2, 0.25) is 0 Å². The summed E-state index contributed by atoms with van der Waals surface area (Å²) in [4.78, 5) is 29.2. The van der Waals surface area contributed by atoms with Crippen LogP contribution in [0.5, 0.6) is 0 Å². The maximum Gasteiger partial charge on any atom is 0.335 e. The first kappa shape index (κ1) is 26.0. The highest BCUT2D eigenvalue weighted by Crippen LogP contribution is 2.28. The number of rotatable bonds is 5. The number of hydrogen-bond donors (Lipinski definition) is 1. The normalized spacial score (nSPS) is 16.1. The highest BCUT2D eigenvalue weighted by molar-refractivity contribution is 5.96. The number of amides is 1. The number of carboxylic acids is 1. The second-order valence-electron chi connectivity index (χ2n) is 10.2. The van der Waals surface area contributed by atoms with Crippen LogP contribution in [0.15, 0.2) is 42.5 Å². The molecule has 1 heterocycles. The molecule has 5 heteroatoms. The fourth-order valence-electron chi connectivity index (χ4n) is 4.63. The van der Waals surface area contributed by atoms with Gasteiger partial charge < -0.3 is 10.0 Å². The summed E-state index contributed by atoms with van der Waals surface area (Å²) in [5.41, 5.74) is 4.61. The Balaban J connectivity index is 1.97. The molecule has 2 aromatic carbocycles. The summed E-state index contributed by atoms with van der Waals surface area (Å²) in [5, 5.41) is 9.64. The molecule has 0 bridgehead atoms. The molecule has 0 radical (unpaired) electrons. The van der Waals surface area contributed by atoms with Crippen molar-refractivity contribution in [3.8, 4) is 0 Å². The minimum atomic E-state index is -0.938. The van der Waals surface area contributed by atoms with Crippen molar-refractivity contribution in [1.29, 1.82) is 0 Å². The highest BCUT2D eigenvalue weighted by atomic mass is 16.4. The van der Waals surface area contributed by atoms with E-state index in [2.05, 4.69) is 43.0 Å². The Bertz CT molecular complexity index is 966. The maximum atomic E-state index is 13.2. The minimum Gasteiger partial charge on any atom is -0.478 e. The molecule has 5 nitrogen and oxygen atoms in total. The van der Waals surface area contributed by atoms with Crippen LogP contribution in [0.1, 0.15) is 92.8 Å². The molecule has 0 saturated carbocycles. The molecule has 0 spiro atoms. The Hall–Kier alpha value is -2.66. The summed E-state index contributed by atoms with van der Waals surface area (Å²) >= 11 is 0. The van der Waals surface area contributed by atoms with Crippen LogP contribution in [-0.2, 0) is 17.9 Å². The number of fused-ring (bicyclic) bond motifs is 1. The monoisotopic (exact) mass is 464 g/mol. The molecule has 0 unspecified atom stereocenters. The summed E-state index contributed by atoms with van der Waals surface area (Å²) in [6.07, 6.45) is 5.52. The minimum absolute atomic E-state index is 0.0946. The van der Waals surface area contributed by atoms with E-state index in [1.165, 1.54) is 24.0 Å². The van der Waals surface area contributed by atoms with Gasteiger partial charge in [0.1, 0.15) is 0 Å². The summed E-state index contributed by atoms with van der Waals surface area (Å²) < 4.78 is 0. The Morgan fingerprint density at radius 1 is 0.882 bits per heavy atom. The largest absolute Gasteiger partial charge is 0.478 e. The lowest BCUT2D eigenvalue weighted by Gasteiger charge is -2.30. The number of aromatic carboxylic acids is 1. The molecule has 184 valence electrons. The van der Waals surface area contributed by atoms with E-state index in [-0.39, 0.29) is 17.4 Å². The van der Waals surface area contributed by atoms with Gasteiger partial charge in [-0.2, -0.15) is 0 Å². The third-order valence-corrected chi connectivity index (χ3v) is 6.68. The molecule has 0 aromatic heterocycles. The van der Waals surface area contributed by atoms with E-state index in [4.69, 9.17) is 0 Å². The molecular formula is C29H40N2O3. The van der Waals surface area contributed by atoms with Gasteiger partial charge >= 0.3 is 5.97 Å². The van der Waals surface area contributed by atoms with Crippen molar-refractivity contribution >= 4 is 17.6 Å². The Morgan fingerprint density at radius 2 is 1.53 bits per heavy atom. The van der Waals surface area contributed by atoms with Gasteiger partial charge in [0, 0.05) is 31.2 Å². The van der Waals surface area contributed by atoms with E-state index in [1.807, 2.05) is 24.8 Å². The van der Waals surface area contributed by atoms with Gasteiger partial charge in [0.15, 0.2) is 0 Å². The smallest absolute Gasteiger partial charge is 0.335 e. The van der Waals surface area contributed by atoms with Crippen molar-refractivity contribution in [2.45, 2.75) is 78.8 Å². The molecule has 0 atom stereocenters. The number of carbonyl (C=O) groups is 2. The maximum absolute atomic E-state index is 13.2. The van der Waals surface area contributed by atoms with Crippen LogP contribution in [0.4, 0.5) is 5.69 Å². The van der Waals surface area contributed by atoms with E-state index in [9.17, 15) is 14.7 Å². The van der Waals surface area contributed by atoms with Crippen LogP contribution in [0, 0.1) is 5.92 Å². The molecule has 2 aromatic rings. The van der Waals surface area contributed by atoms with Gasteiger partial charge in [0.25, 0.3) is 0 Å². The lowest BCUT2D eigenvalue weighted by molar-refractivity contribution is -0.121. The molecular weight excluding hydrogens is 424 g/mol. The van der Waals surface area contributed by atoms with E-state index < -0.39 is 5.97 Å². The number of carbonyl (C=O) groups excluding carboxylic acids is 1. The summed E-state index contributed by atoms with van der Waals surface area (Å²) in [7, 11) is 0. The third kappa shape index (κ3) is 6.92. The molecule has 0 fully saturated rings. The molecule has 1 aliphatic heterocycles. The lowest BCUT2D eigenvalue weighted by Crippen LogP contribution is -2.37. The van der Waals surface area contributed by atoms with Gasteiger partial charge in [-0.15, -0.1) is 0 Å².